The van der Waals surface area contributed by atoms with Crippen molar-refractivity contribution in [3.05, 3.63) is 17.0 Å². The van der Waals surface area contributed by atoms with Crippen LogP contribution in [0.15, 0.2) is 9.52 Å². The monoisotopic (exact) mass is 194 g/mol. The molecule has 0 saturated carbocycles. The van der Waals surface area contributed by atoms with E-state index in [-0.39, 0.29) is 5.54 Å². The maximum atomic E-state index is 5.52. The molecular weight excluding hydrogens is 180 g/mol. The van der Waals surface area contributed by atoms with Crippen molar-refractivity contribution in [3.8, 4) is 0 Å². The minimum absolute atomic E-state index is 0.133. The number of hydrogen-bond donors (Lipinski definition) is 0. The fourth-order valence-corrected chi connectivity index (χ4v) is 1.50. The van der Waals surface area contributed by atoms with Crippen LogP contribution in [0.2, 0.25) is 0 Å². The third-order valence-corrected chi connectivity index (χ3v) is 2.21. The first-order valence-corrected chi connectivity index (χ1v) is 4.65. The molecular formula is C10H14N2O2. The van der Waals surface area contributed by atoms with E-state index in [1.807, 2.05) is 27.7 Å². The van der Waals surface area contributed by atoms with E-state index in [4.69, 9.17) is 9.26 Å². The summed E-state index contributed by atoms with van der Waals surface area (Å²) in [6.45, 7) is 8.46. The number of rotatable bonds is 1. The van der Waals surface area contributed by atoms with E-state index >= 15 is 0 Å². The SMILES string of the molecule is Cc1noc(C)c1C1=NC(C)(C)CO1. The summed E-state index contributed by atoms with van der Waals surface area (Å²) in [5, 5.41) is 3.87. The zero-order valence-corrected chi connectivity index (χ0v) is 8.92. The van der Waals surface area contributed by atoms with Crippen LogP contribution in [-0.4, -0.2) is 23.2 Å². The van der Waals surface area contributed by atoms with Gasteiger partial charge >= 0.3 is 0 Å². The molecule has 1 aromatic rings. The van der Waals surface area contributed by atoms with Crippen molar-refractivity contribution in [1.82, 2.24) is 5.16 Å². The molecule has 76 valence electrons. The smallest absolute Gasteiger partial charge is 0.222 e. The lowest BCUT2D eigenvalue weighted by molar-refractivity contribution is 0.279. The van der Waals surface area contributed by atoms with Crippen molar-refractivity contribution in [3.63, 3.8) is 0 Å². The zero-order chi connectivity index (χ0) is 10.3. The number of nitrogens with zero attached hydrogens (tertiary/aromatic N) is 2. The van der Waals surface area contributed by atoms with Crippen molar-refractivity contribution in [2.45, 2.75) is 33.2 Å². The van der Waals surface area contributed by atoms with Crippen LogP contribution in [0.3, 0.4) is 0 Å². The molecule has 0 radical (unpaired) electrons. The van der Waals surface area contributed by atoms with Gasteiger partial charge in [0, 0.05) is 0 Å². The summed E-state index contributed by atoms with van der Waals surface area (Å²) in [4.78, 5) is 4.48. The molecule has 0 aromatic carbocycles. The van der Waals surface area contributed by atoms with Crippen molar-refractivity contribution >= 4 is 5.90 Å². The van der Waals surface area contributed by atoms with E-state index in [1.165, 1.54) is 0 Å². The minimum atomic E-state index is -0.133. The molecule has 2 rings (SSSR count). The van der Waals surface area contributed by atoms with E-state index in [9.17, 15) is 0 Å². The third kappa shape index (κ3) is 1.41. The second kappa shape index (κ2) is 2.83. The third-order valence-electron chi connectivity index (χ3n) is 2.21. The average molecular weight is 194 g/mol. The first-order valence-electron chi connectivity index (χ1n) is 4.65. The van der Waals surface area contributed by atoms with Gasteiger partial charge in [0.05, 0.1) is 11.2 Å². The van der Waals surface area contributed by atoms with Gasteiger partial charge in [0.2, 0.25) is 5.90 Å². The highest BCUT2D eigenvalue weighted by atomic mass is 16.5. The summed E-state index contributed by atoms with van der Waals surface area (Å²) in [5.74, 6) is 1.42. The lowest BCUT2D eigenvalue weighted by Crippen LogP contribution is -2.17. The lowest BCUT2D eigenvalue weighted by atomic mass is 10.1. The van der Waals surface area contributed by atoms with Crippen LogP contribution in [0.5, 0.6) is 0 Å². The highest BCUT2D eigenvalue weighted by molar-refractivity contribution is 5.97. The van der Waals surface area contributed by atoms with Gasteiger partial charge in [0.25, 0.3) is 0 Å². The molecule has 4 nitrogen and oxygen atoms in total. The first kappa shape index (κ1) is 9.24. The van der Waals surface area contributed by atoms with Crippen LogP contribution in [0.4, 0.5) is 0 Å². The fraction of sp³-hybridized carbons (Fsp3) is 0.600. The second-order valence-electron chi connectivity index (χ2n) is 4.22. The van der Waals surface area contributed by atoms with E-state index in [2.05, 4.69) is 10.1 Å². The first-order chi connectivity index (χ1) is 6.49. The van der Waals surface area contributed by atoms with Crippen LogP contribution >= 0.6 is 0 Å². The number of ether oxygens (including phenoxy) is 1. The number of hydrogen-bond acceptors (Lipinski definition) is 4. The summed E-state index contributed by atoms with van der Waals surface area (Å²) in [7, 11) is 0. The maximum absolute atomic E-state index is 5.52. The lowest BCUT2D eigenvalue weighted by Gasteiger charge is -2.07. The predicted octanol–water partition coefficient (Wildman–Crippen LogP) is 1.85. The van der Waals surface area contributed by atoms with Gasteiger partial charge in [-0.2, -0.15) is 0 Å². The molecule has 0 atom stereocenters. The van der Waals surface area contributed by atoms with Crippen LogP contribution in [0.1, 0.15) is 30.9 Å². The van der Waals surface area contributed by atoms with Gasteiger partial charge in [0.1, 0.15) is 17.9 Å². The van der Waals surface area contributed by atoms with E-state index in [1.54, 1.807) is 0 Å². The number of aliphatic imine (C=N–C) groups is 1. The van der Waals surface area contributed by atoms with Crippen LogP contribution in [0, 0.1) is 13.8 Å². The Balaban J connectivity index is 2.42. The van der Waals surface area contributed by atoms with Gasteiger partial charge in [-0.25, -0.2) is 4.99 Å². The topological polar surface area (TPSA) is 47.6 Å². The molecule has 0 amide bonds. The molecule has 0 spiro atoms. The van der Waals surface area contributed by atoms with Gasteiger partial charge in [-0.1, -0.05) is 5.16 Å². The summed E-state index contributed by atoms with van der Waals surface area (Å²) >= 11 is 0. The van der Waals surface area contributed by atoms with Crippen molar-refractivity contribution in [2.75, 3.05) is 6.61 Å². The fourth-order valence-electron chi connectivity index (χ4n) is 1.50. The van der Waals surface area contributed by atoms with E-state index < -0.39 is 0 Å². The molecule has 0 bridgehead atoms. The summed E-state index contributed by atoms with van der Waals surface area (Å²) < 4.78 is 10.6. The standard InChI is InChI=1S/C10H14N2O2/c1-6-8(7(2)14-12-6)9-11-10(3,4)5-13-9/h5H2,1-4H3. The average Bonchev–Trinajstić information content (AvgIpc) is 2.56. The molecule has 1 aliphatic rings. The molecule has 4 heteroatoms. The van der Waals surface area contributed by atoms with Crippen LogP contribution in [0.25, 0.3) is 0 Å². The van der Waals surface area contributed by atoms with Gasteiger partial charge in [-0.3, -0.25) is 0 Å². The van der Waals surface area contributed by atoms with Gasteiger partial charge in [-0.05, 0) is 27.7 Å². The molecule has 0 unspecified atom stereocenters. The summed E-state index contributed by atoms with van der Waals surface area (Å²) in [6.07, 6.45) is 0. The summed E-state index contributed by atoms with van der Waals surface area (Å²) in [5.41, 5.74) is 1.60. The Morgan fingerprint density at radius 2 is 2.00 bits per heavy atom. The molecule has 2 heterocycles. The highest BCUT2D eigenvalue weighted by Gasteiger charge is 2.30. The largest absolute Gasteiger partial charge is 0.475 e. The Morgan fingerprint density at radius 1 is 1.29 bits per heavy atom. The molecule has 0 aliphatic carbocycles. The van der Waals surface area contributed by atoms with Gasteiger partial charge in [-0.15, -0.1) is 0 Å². The van der Waals surface area contributed by atoms with Crippen molar-refractivity contribution in [1.29, 1.82) is 0 Å². The highest BCUT2D eigenvalue weighted by Crippen LogP contribution is 2.23. The predicted molar refractivity (Wildman–Crippen MR) is 52.5 cm³/mol. The van der Waals surface area contributed by atoms with E-state index in [0.717, 1.165) is 17.0 Å². The minimum Gasteiger partial charge on any atom is -0.475 e. The molecule has 0 fully saturated rings. The van der Waals surface area contributed by atoms with Crippen LogP contribution < -0.4 is 0 Å². The Morgan fingerprint density at radius 3 is 2.43 bits per heavy atom. The van der Waals surface area contributed by atoms with Crippen molar-refractivity contribution < 1.29 is 9.26 Å². The van der Waals surface area contributed by atoms with E-state index in [0.29, 0.717) is 12.5 Å². The zero-order valence-electron chi connectivity index (χ0n) is 8.92. The number of aromatic nitrogens is 1. The van der Waals surface area contributed by atoms with Crippen molar-refractivity contribution in [2.24, 2.45) is 4.99 Å². The van der Waals surface area contributed by atoms with Crippen LogP contribution in [-0.2, 0) is 4.74 Å². The molecule has 0 N–H and O–H groups in total. The Bertz CT molecular complexity index is 371. The quantitative estimate of drug-likeness (QED) is 0.685. The maximum Gasteiger partial charge on any atom is 0.222 e. The van der Waals surface area contributed by atoms with Gasteiger partial charge < -0.3 is 9.26 Å². The Labute approximate surface area is 83.0 Å². The van der Waals surface area contributed by atoms with Gasteiger partial charge in [0.15, 0.2) is 0 Å². The number of aryl methyl sites for hydroxylation is 2. The Hall–Kier alpha value is -1.32. The molecule has 1 aromatic heterocycles. The summed E-state index contributed by atoms with van der Waals surface area (Å²) in [6, 6.07) is 0. The second-order valence-corrected chi connectivity index (χ2v) is 4.22. The molecule has 1 aliphatic heterocycles. The molecule has 14 heavy (non-hydrogen) atoms. The normalized spacial score (nSPS) is 19.3. The molecule has 0 saturated heterocycles. The Kier molecular flexibility index (Phi) is 1.87.